The van der Waals surface area contributed by atoms with E-state index in [4.69, 9.17) is 0 Å². The molecule has 2 aliphatic rings. The van der Waals surface area contributed by atoms with Crippen molar-refractivity contribution in [1.82, 2.24) is 9.80 Å². The van der Waals surface area contributed by atoms with Crippen molar-refractivity contribution in [3.05, 3.63) is 29.8 Å². The monoisotopic (exact) mass is 379 g/mol. The number of piperidine rings is 1. The molecule has 2 amide bonds. The minimum absolute atomic E-state index is 0.0731. The highest BCUT2D eigenvalue weighted by atomic mass is 32.2. The third-order valence-electron chi connectivity index (χ3n) is 5.35. The number of para-hydroxylation sites is 1. The van der Waals surface area contributed by atoms with Crippen LogP contribution in [0, 0.1) is 0 Å². The molecule has 0 aliphatic carbocycles. The molecular weight excluding hydrogens is 350 g/mol. The molecule has 2 fully saturated rings. The Hall–Kier alpha value is -1.60. The van der Waals surface area contributed by atoms with E-state index < -0.39 is 9.84 Å². The molecule has 1 aromatic carbocycles. The quantitative estimate of drug-likeness (QED) is 0.854. The number of benzene rings is 1. The van der Waals surface area contributed by atoms with E-state index in [0.717, 1.165) is 30.9 Å². The van der Waals surface area contributed by atoms with Gasteiger partial charge in [-0.2, -0.15) is 0 Å². The predicted molar refractivity (Wildman–Crippen MR) is 104 cm³/mol. The Kier molecular flexibility index (Phi) is 6.19. The lowest BCUT2D eigenvalue weighted by Crippen LogP contribution is -2.43. The first kappa shape index (κ1) is 19.2. The third kappa shape index (κ3) is 4.76. The van der Waals surface area contributed by atoms with Gasteiger partial charge in [-0.25, -0.2) is 13.2 Å². The minimum atomic E-state index is -3.01. The maximum atomic E-state index is 12.8. The average molecular weight is 380 g/mol. The summed E-state index contributed by atoms with van der Waals surface area (Å²) in [6.45, 7) is 5.43. The summed E-state index contributed by atoms with van der Waals surface area (Å²) < 4.78 is 23.5. The average Bonchev–Trinajstić information content (AvgIpc) is 2.98. The van der Waals surface area contributed by atoms with Crippen LogP contribution in [0.25, 0.3) is 0 Å². The van der Waals surface area contributed by atoms with Crippen LogP contribution in [0.15, 0.2) is 24.3 Å². The fraction of sp³-hybridized carbons (Fsp3) is 0.632. The maximum Gasteiger partial charge on any atom is 0.322 e. The van der Waals surface area contributed by atoms with Gasteiger partial charge in [0.25, 0.3) is 0 Å². The second-order valence-electron chi connectivity index (χ2n) is 7.27. The molecule has 0 unspecified atom stereocenters. The summed E-state index contributed by atoms with van der Waals surface area (Å²) >= 11 is 0. The SMILES string of the molecule is CCN(C(=O)Nc1ccccc1CN1CCCCC1)[C@H]1CCS(=O)(=O)C1. The third-order valence-corrected chi connectivity index (χ3v) is 7.10. The first-order valence-electron chi connectivity index (χ1n) is 9.57. The summed E-state index contributed by atoms with van der Waals surface area (Å²) in [6.07, 6.45) is 4.28. The van der Waals surface area contributed by atoms with Gasteiger partial charge in [-0.3, -0.25) is 4.90 Å². The van der Waals surface area contributed by atoms with Crippen LogP contribution in [0.3, 0.4) is 0 Å². The second-order valence-corrected chi connectivity index (χ2v) is 9.50. The van der Waals surface area contributed by atoms with E-state index in [1.165, 1.54) is 19.3 Å². The lowest BCUT2D eigenvalue weighted by atomic mass is 10.1. The Morgan fingerprint density at radius 3 is 2.62 bits per heavy atom. The lowest BCUT2D eigenvalue weighted by Gasteiger charge is -2.29. The van der Waals surface area contributed by atoms with Crippen molar-refractivity contribution < 1.29 is 13.2 Å². The van der Waals surface area contributed by atoms with Gasteiger partial charge in [0.15, 0.2) is 9.84 Å². The summed E-state index contributed by atoms with van der Waals surface area (Å²) in [4.78, 5) is 16.9. The second kappa shape index (κ2) is 8.39. The molecule has 2 aliphatic heterocycles. The summed E-state index contributed by atoms with van der Waals surface area (Å²) in [5.41, 5.74) is 1.93. The molecule has 0 aromatic heterocycles. The normalized spacial score (nSPS) is 22.9. The van der Waals surface area contributed by atoms with Gasteiger partial charge in [-0.1, -0.05) is 24.6 Å². The van der Waals surface area contributed by atoms with E-state index in [-0.39, 0.29) is 23.6 Å². The molecule has 0 bridgehead atoms. The zero-order valence-corrected chi connectivity index (χ0v) is 16.3. The van der Waals surface area contributed by atoms with Gasteiger partial charge in [0.2, 0.25) is 0 Å². The Morgan fingerprint density at radius 2 is 1.96 bits per heavy atom. The van der Waals surface area contributed by atoms with Crippen LogP contribution in [-0.4, -0.2) is 61.4 Å². The first-order valence-corrected chi connectivity index (χ1v) is 11.4. The topological polar surface area (TPSA) is 69.7 Å². The first-order chi connectivity index (χ1) is 12.5. The number of nitrogens with zero attached hydrogens (tertiary/aromatic N) is 2. The van der Waals surface area contributed by atoms with Crippen molar-refractivity contribution in [1.29, 1.82) is 0 Å². The van der Waals surface area contributed by atoms with Crippen LogP contribution < -0.4 is 5.32 Å². The lowest BCUT2D eigenvalue weighted by molar-refractivity contribution is 0.197. The number of amides is 2. The van der Waals surface area contributed by atoms with Crippen molar-refractivity contribution in [3.63, 3.8) is 0 Å². The van der Waals surface area contributed by atoms with Gasteiger partial charge in [-0.15, -0.1) is 0 Å². The van der Waals surface area contributed by atoms with Gasteiger partial charge in [-0.05, 0) is 50.9 Å². The molecule has 1 N–H and O–H groups in total. The van der Waals surface area contributed by atoms with Crippen LogP contribution >= 0.6 is 0 Å². The van der Waals surface area contributed by atoms with E-state index >= 15 is 0 Å². The standard InChI is InChI=1S/C19H29N3O3S/c1-2-22(17-10-13-26(24,25)15-17)19(23)20-18-9-5-4-8-16(18)14-21-11-6-3-7-12-21/h4-5,8-9,17H,2-3,6-7,10-15H2,1H3,(H,20,23)/t17-/m0/s1. The number of carbonyl (C=O) groups is 1. The maximum absolute atomic E-state index is 12.8. The molecule has 7 heteroatoms. The van der Waals surface area contributed by atoms with Gasteiger partial charge in [0.1, 0.15) is 0 Å². The molecule has 2 saturated heterocycles. The smallest absolute Gasteiger partial charge is 0.321 e. The van der Waals surface area contributed by atoms with Crippen LogP contribution in [-0.2, 0) is 16.4 Å². The zero-order chi connectivity index (χ0) is 18.6. The highest BCUT2D eigenvalue weighted by Gasteiger charge is 2.34. The van der Waals surface area contributed by atoms with Gasteiger partial charge >= 0.3 is 6.03 Å². The molecule has 1 atom stereocenters. The van der Waals surface area contributed by atoms with E-state index in [9.17, 15) is 13.2 Å². The fourth-order valence-corrected chi connectivity index (χ4v) is 5.65. The molecule has 0 radical (unpaired) electrons. The number of likely N-dealkylation sites (tertiary alicyclic amines) is 1. The molecular formula is C19H29N3O3S. The van der Waals surface area contributed by atoms with Crippen molar-refractivity contribution in [2.24, 2.45) is 0 Å². The van der Waals surface area contributed by atoms with Crippen LogP contribution in [0.2, 0.25) is 0 Å². The predicted octanol–water partition coefficient (Wildman–Crippen LogP) is 2.71. The summed E-state index contributed by atoms with van der Waals surface area (Å²) in [7, 11) is -3.01. The van der Waals surface area contributed by atoms with Crippen molar-refractivity contribution in [2.45, 2.75) is 45.2 Å². The molecule has 6 nitrogen and oxygen atoms in total. The van der Waals surface area contributed by atoms with Crippen molar-refractivity contribution in [3.8, 4) is 0 Å². The Morgan fingerprint density at radius 1 is 1.23 bits per heavy atom. The number of sulfone groups is 1. The van der Waals surface area contributed by atoms with Crippen LogP contribution in [0.1, 0.15) is 38.2 Å². The van der Waals surface area contributed by atoms with Crippen LogP contribution in [0.4, 0.5) is 10.5 Å². The largest absolute Gasteiger partial charge is 0.322 e. The Labute approximate surface area is 156 Å². The summed E-state index contributed by atoms with van der Waals surface area (Å²) in [6, 6.07) is 7.47. The Balaban J connectivity index is 1.68. The molecule has 2 heterocycles. The van der Waals surface area contributed by atoms with Gasteiger partial charge in [0.05, 0.1) is 11.5 Å². The zero-order valence-electron chi connectivity index (χ0n) is 15.5. The molecule has 0 spiro atoms. The fourth-order valence-electron chi connectivity index (χ4n) is 3.91. The van der Waals surface area contributed by atoms with E-state index in [0.29, 0.717) is 13.0 Å². The van der Waals surface area contributed by atoms with E-state index in [1.54, 1.807) is 4.90 Å². The number of hydrogen-bond donors (Lipinski definition) is 1. The molecule has 3 rings (SSSR count). The number of anilines is 1. The number of carbonyl (C=O) groups excluding carboxylic acids is 1. The number of hydrogen-bond acceptors (Lipinski definition) is 4. The van der Waals surface area contributed by atoms with Crippen molar-refractivity contribution in [2.75, 3.05) is 36.5 Å². The highest BCUT2D eigenvalue weighted by Crippen LogP contribution is 2.22. The molecule has 26 heavy (non-hydrogen) atoms. The summed E-state index contributed by atoms with van der Waals surface area (Å²) in [5, 5.41) is 3.02. The number of nitrogens with one attached hydrogen (secondary N) is 1. The van der Waals surface area contributed by atoms with Crippen molar-refractivity contribution >= 4 is 21.6 Å². The van der Waals surface area contributed by atoms with E-state index in [2.05, 4.69) is 16.3 Å². The Bertz CT molecular complexity index is 729. The highest BCUT2D eigenvalue weighted by molar-refractivity contribution is 7.91. The molecule has 0 saturated carbocycles. The number of rotatable bonds is 5. The molecule has 144 valence electrons. The summed E-state index contributed by atoms with van der Waals surface area (Å²) in [5.74, 6) is 0.247. The van der Waals surface area contributed by atoms with Gasteiger partial charge in [0, 0.05) is 24.8 Å². The van der Waals surface area contributed by atoms with E-state index in [1.807, 2.05) is 25.1 Å². The molecule has 1 aromatic rings. The van der Waals surface area contributed by atoms with Gasteiger partial charge < -0.3 is 10.2 Å². The van der Waals surface area contributed by atoms with Crippen LogP contribution in [0.5, 0.6) is 0 Å². The number of urea groups is 1. The minimum Gasteiger partial charge on any atom is -0.321 e.